The van der Waals surface area contributed by atoms with Crippen molar-refractivity contribution in [1.29, 1.82) is 0 Å². The van der Waals surface area contributed by atoms with Gasteiger partial charge in [-0.2, -0.15) is 0 Å². The summed E-state index contributed by atoms with van der Waals surface area (Å²) < 4.78 is 33.0. The van der Waals surface area contributed by atoms with Gasteiger partial charge in [0, 0.05) is 32.3 Å². The molecular formula is C33H24ClF2N3O5S2. The van der Waals surface area contributed by atoms with Crippen molar-refractivity contribution in [2.45, 2.75) is 22.6 Å². The zero-order chi connectivity index (χ0) is 31.9. The van der Waals surface area contributed by atoms with Crippen LogP contribution in [0.5, 0.6) is 5.75 Å². The maximum atomic E-state index is 13.9. The average Bonchev–Trinajstić information content (AvgIpc) is 3.77. The lowest BCUT2D eigenvalue weighted by molar-refractivity contribution is -0.123. The number of fused-ring (bicyclic) bond motifs is 9. The number of imide groups is 1. The molecule has 13 heteroatoms. The summed E-state index contributed by atoms with van der Waals surface area (Å²) in [6, 6.07) is 15.9. The summed E-state index contributed by atoms with van der Waals surface area (Å²) in [6.07, 6.45) is 0.679. The molecule has 4 aliphatic rings. The fraction of sp³-hybridized carbons (Fsp3) is 0.273. The first-order valence-corrected chi connectivity index (χ1v) is 16.8. The predicted molar refractivity (Wildman–Crippen MR) is 169 cm³/mol. The summed E-state index contributed by atoms with van der Waals surface area (Å²) >= 11 is 9.18. The standard InChI is InChI=1S/C33H24ClF2N3O5S2/c34-14-1-10-22(44-13-23(40)37-17-6-2-15(35)3-7-17)19(11-14)24-25-20-12-21(28(25)45-30-29(24)46-33(43)38-30)27-26(20)31(41)39(32(27)42)18-8-4-16(36)5-9-18/h1-11,20-21,24-28H,12-13H2,(H,37,40)(H,38,43)/t20-,21-,24+,25-,26+,27+,28-/m1/s1. The SMILES string of the molecule is O=C(COc1ccc(Cl)cc1[C@@H]1c2sc(=O)[nH]c2S[C@@H]2[C@@H]3C[C@@H]([C@@H]4C(=O)N(c5ccc(F)cc5)C(=O)[C@@H]34)[C@H]12)Nc1ccc(F)cc1. The first-order chi connectivity index (χ1) is 22.2. The zero-order valence-electron chi connectivity index (χ0n) is 23.7. The van der Waals surface area contributed by atoms with Crippen molar-refractivity contribution in [3.63, 3.8) is 0 Å². The fourth-order valence-electron chi connectivity index (χ4n) is 7.98. The molecule has 1 saturated heterocycles. The van der Waals surface area contributed by atoms with E-state index >= 15 is 0 Å². The summed E-state index contributed by atoms with van der Waals surface area (Å²) in [5.41, 5.74) is 1.46. The van der Waals surface area contributed by atoms with Crippen molar-refractivity contribution in [2.24, 2.45) is 29.6 Å². The molecule has 2 aliphatic carbocycles. The van der Waals surface area contributed by atoms with Gasteiger partial charge in [0.1, 0.15) is 17.4 Å². The van der Waals surface area contributed by atoms with Crippen LogP contribution in [0.15, 0.2) is 76.6 Å². The Morgan fingerprint density at radius 1 is 0.957 bits per heavy atom. The maximum absolute atomic E-state index is 13.9. The van der Waals surface area contributed by atoms with Crippen LogP contribution >= 0.6 is 34.7 Å². The molecule has 3 aromatic carbocycles. The number of halogens is 3. The van der Waals surface area contributed by atoms with Gasteiger partial charge < -0.3 is 15.0 Å². The molecular weight excluding hydrogens is 656 g/mol. The average molecular weight is 680 g/mol. The number of aromatic nitrogens is 1. The number of aromatic amines is 1. The molecule has 2 bridgehead atoms. The molecule has 0 radical (unpaired) electrons. The Morgan fingerprint density at radius 2 is 1.63 bits per heavy atom. The molecule has 8 rings (SSSR count). The third kappa shape index (κ3) is 4.68. The van der Waals surface area contributed by atoms with Gasteiger partial charge in [0.25, 0.3) is 5.91 Å². The van der Waals surface area contributed by atoms with Crippen LogP contribution in [-0.4, -0.2) is 34.6 Å². The van der Waals surface area contributed by atoms with Crippen LogP contribution in [0.3, 0.4) is 0 Å². The Balaban J connectivity index is 1.14. The van der Waals surface area contributed by atoms with E-state index in [1.807, 2.05) is 0 Å². The summed E-state index contributed by atoms with van der Waals surface area (Å²) in [4.78, 5) is 58.0. The van der Waals surface area contributed by atoms with E-state index in [4.69, 9.17) is 16.3 Å². The van der Waals surface area contributed by atoms with Gasteiger partial charge in [0.05, 0.1) is 22.5 Å². The second kappa shape index (κ2) is 11.1. The molecule has 8 nitrogen and oxygen atoms in total. The number of carbonyl (C=O) groups is 3. The van der Waals surface area contributed by atoms with E-state index in [0.29, 0.717) is 34.1 Å². The molecule has 2 aliphatic heterocycles. The Labute approximate surface area is 274 Å². The quantitative estimate of drug-likeness (QED) is 0.240. The molecule has 4 aromatic rings. The van der Waals surface area contributed by atoms with Crippen LogP contribution < -0.4 is 19.8 Å². The normalized spacial score (nSPS) is 27.4. The molecule has 0 spiro atoms. The lowest BCUT2D eigenvalue weighted by Crippen LogP contribution is -2.42. The summed E-state index contributed by atoms with van der Waals surface area (Å²) in [5.74, 6) is -3.34. The largest absolute Gasteiger partial charge is 0.483 e. The number of thiazole rings is 1. The summed E-state index contributed by atoms with van der Waals surface area (Å²) in [7, 11) is 0. The van der Waals surface area contributed by atoms with E-state index < -0.39 is 35.3 Å². The third-order valence-corrected chi connectivity index (χ3v) is 12.4. The highest BCUT2D eigenvalue weighted by Gasteiger charge is 2.69. The van der Waals surface area contributed by atoms with E-state index in [0.717, 1.165) is 21.2 Å². The summed E-state index contributed by atoms with van der Waals surface area (Å²) in [5, 5.41) is 3.76. The number of anilines is 2. The Kier molecular flexibility index (Phi) is 7.07. The molecule has 2 saturated carbocycles. The molecule has 0 unspecified atom stereocenters. The van der Waals surface area contributed by atoms with Gasteiger partial charge in [-0.15, -0.1) is 11.8 Å². The second-order valence-corrected chi connectivity index (χ2v) is 14.6. The molecule has 7 atom stereocenters. The number of ether oxygens (including phenoxy) is 1. The van der Waals surface area contributed by atoms with Gasteiger partial charge >= 0.3 is 4.87 Å². The number of nitrogens with one attached hydrogen (secondary N) is 2. The molecule has 2 N–H and O–H groups in total. The Bertz CT molecular complexity index is 1970. The van der Waals surface area contributed by atoms with Gasteiger partial charge in [0.2, 0.25) is 11.8 Å². The highest BCUT2D eigenvalue weighted by molar-refractivity contribution is 8.00. The number of rotatable bonds is 6. The molecule has 3 heterocycles. The molecule has 234 valence electrons. The topological polar surface area (TPSA) is 109 Å². The number of nitrogens with zero attached hydrogens (tertiary/aromatic N) is 1. The maximum Gasteiger partial charge on any atom is 0.305 e. The monoisotopic (exact) mass is 679 g/mol. The number of hydrogen-bond donors (Lipinski definition) is 2. The van der Waals surface area contributed by atoms with Gasteiger partial charge in [0.15, 0.2) is 6.61 Å². The lowest BCUT2D eigenvalue weighted by Gasteiger charge is -2.43. The van der Waals surface area contributed by atoms with Gasteiger partial charge in [-0.05, 0) is 90.9 Å². The smallest absolute Gasteiger partial charge is 0.305 e. The van der Waals surface area contributed by atoms with Crippen LogP contribution in [-0.2, 0) is 14.4 Å². The minimum Gasteiger partial charge on any atom is -0.483 e. The van der Waals surface area contributed by atoms with Gasteiger partial charge in [-0.3, -0.25) is 24.1 Å². The van der Waals surface area contributed by atoms with Crippen molar-refractivity contribution in [2.75, 3.05) is 16.8 Å². The Hall–Kier alpha value is -4.00. The number of hydrogen-bond acceptors (Lipinski definition) is 7. The van der Waals surface area contributed by atoms with Crippen LogP contribution in [0.4, 0.5) is 20.2 Å². The van der Waals surface area contributed by atoms with Gasteiger partial charge in [-0.25, -0.2) is 8.78 Å². The van der Waals surface area contributed by atoms with E-state index in [9.17, 15) is 28.0 Å². The first kappa shape index (κ1) is 29.4. The lowest BCUT2D eigenvalue weighted by atomic mass is 9.68. The number of amides is 3. The van der Waals surface area contributed by atoms with Crippen LogP contribution in [0, 0.1) is 41.2 Å². The fourth-order valence-corrected chi connectivity index (χ4v) is 11.0. The van der Waals surface area contributed by atoms with Gasteiger partial charge in [-0.1, -0.05) is 22.9 Å². The summed E-state index contributed by atoms with van der Waals surface area (Å²) in [6.45, 7) is -0.339. The van der Waals surface area contributed by atoms with E-state index in [1.54, 1.807) is 30.0 Å². The number of H-pyrrole nitrogens is 1. The molecule has 3 amide bonds. The first-order valence-electron chi connectivity index (χ1n) is 14.7. The minimum absolute atomic E-state index is 0.0764. The third-order valence-electron chi connectivity index (χ3n) is 9.60. The van der Waals surface area contributed by atoms with Crippen molar-refractivity contribution in [1.82, 2.24) is 4.98 Å². The van der Waals surface area contributed by atoms with Crippen LogP contribution in [0.2, 0.25) is 5.02 Å². The molecule has 1 aromatic heterocycles. The van der Waals surface area contributed by atoms with Crippen molar-refractivity contribution < 1.29 is 27.9 Å². The molecule has 46 heavy (non-hydrogen) atoms. The minimum atomic E-state index is -0.547. The second-order valence-electron chi connectivity index (χ2n) is 12.0. The number of benzene rings is 3. The highest BCUT2D eigenvalue weighted by Crippen LogP contribution is 2.69. The van der Waals surface area contributed by atoms with E-state index in [1.165, 1.54) is 53.4 Å². The van der Waals surface area contributed by atoms with Crippen molar-refractivity contribution in [3.05, 3.63) is 103 Å². The van der Waals surface area contributed by atoms with Crippen molar-refractivity contribution >= 4 is 63.8 Å². The predicted octanol–water partition coefficient (Wildman–Crippen LogP) is 6.06. The van der Waals surface area contributed by atoms with Crippen LogP contribution in [0.1, 0.15) is 22.8 Å². The highest BCUT2D eigenvalue weighted by atomic mass is 35.5. The number of carbonyl (C=O) groups excluding carboxylic acids is 3. The van der Waals surface area contributed by atoms with E-state index in [2.05, 4.69) is 10.3 Å². The molecule has 3 fully saturated rings. The van der Waals surface area contributed by atoms with Crippen molar-refractivity contribution in [3.8, 4) is 5.75 Å². The van der Waals surface area contributed by atoms with E-state index in [-0.39, 0.29) is 46.3 Å². The Morgan fingerprint density at radius 3 is 2.35 bits per heavy atom. The number of thioether (sulfide) groups is 1. The zero-order valence-corrected chi connectivity index (χ0v) is 26.1. The van der Waals surface area contributed by atoms with Crippen LogP contribution in [0.25, 0.3) is 0 Å².